The number of allylic oxidation sites excluding steroid dienone is 1. The summed E-state index contributed by atoms with van der Waals surface area (Å²) in [6, 6.07) is 9.90. The van der Waals surface area contributed by atoms with Crippen LogP contribution in [0.3, 0.4) is 0 Å². The number of nitrogens with zero attached hydrogens (tertiary/aromatic N) is 1. The minimum atomic E-state index is 0.685. The Balaban J connectivity index is 2.38. The summed E-state index contributed by atoms with van der Waals surface area (Å²) in [6.45, 7) is 5.63. The fourth-order valence-electron chi connectivity index (χ4n) is 1.46. The van der Waals surface area contributed by atoms with Gasteiger partial charge >= 0.3 is 0 Å². The minimum absolute atomic E-state index is 0.685. The average Bonchev–Trinajstić information content (AvgIpc) is 2.63. The van der Waals surface area contributed by atoms with Crippen LogP contribution in [0.5, 0.6) is 0 Å². The predicted octanol–water partition coefficient (Wildman–Crippen LogP) is 3.38. The summed E-state index contributed by atoms with van der Waals surface area (Å²) in [6.07, 6.45) is 2.59. The molecule has 0 saturated heterocycles. The van der Waals surface area contributed by atoms with E-state index in [0.717, 1.165) is 23.4 Å². The first-order valence-corrected chi connectivity index (χ1v) is 4.94. The number of hydrogen-bond donors (Lipinski definition) is 0. The molecule has 1 aromatic carbocycles. The molecule has 0 atom stereocenters. The van der Waals surface area contributed by atoms with Gasteiger partial charge in [-0.25, -0.2) is 4.98 Å². The van der Waals surface area contributed by atoms with E-state index in [9.17, 15) is 0 Å². The van der Waals surface area contributed by atoms with Gasteiger partial charge in [-0.2, -0.15) is 0 Å². The van der Waals surface area contributed by atoms with Crippen LogP contribution >= 0.6 is 0 Å². The van der Waals surface area contributed by atoms with Crippen LogP contribution in [0.25, 0.3) is 11.5 Å². The predicted molar refractivity (Wildman–Crippen MR) is 60.6 cm³/mol. The van der Waals surface area contributed by atoms with Crippen LogP contribution in [-0.4, -0.2) is 4.98 Å². The van der Waals surface area contributed by atoms with Gasteiger partial charge < -0.3 is 4.42 Å². The van der Waals surface area contributed by atoms with E-state index in [-0.39, 0.29) is 0 Å². The first kappa shape index (κ1) is 9.71. The second kappa shape index (κ2) is 4.13. The monoisotopic (exact) mass is 199 g/mol. The Morgan fingerprint density at radius 2 is 2.07 bits per heavy atom. The molecule has 0 aliphatic rings. The van der Waals surface area contributed by atoms with E-state index >= 15 is 0 Å². The molecule has 76 valence electrons. The lowest BCUT2D eigenvalue weighted by Crippen LogP contribution is -1.83. The van der Waals surface area contributed by atoms with Gasteiger partial charge in [-0.1, -0.05) is 24.3 Å². The van der Waals surface area contributed by atoms with Gasteiger partial charge in [0.2, 0.25) is 5.89 Å². The highest BCUT2D eigenvalue weighted by Gasteiger charge is 2.09. The molecule has 0 saturated carbocycles. The molecule has 0 radical (unpaired) electrons. The average molecular weight is 199 g/mol. The third-order valence-electron chi connectivity index (χ3n) is 2.25. The molecule has 0 N–H and O–H groups in total. The van der Waals surface area contributed by atoms with E-state index in [1.807, 2.05) is 43.3 Å². The highest BCUT2D eigenvalue weighted by Crippen LogP contribution is 2.21. The van der Waals surface area contributed by atoms with Gasteiger partial charge in [0.25, 0.3) is 0 Å². The number of rotatable bonds is 3. The third-order valence-corrected chi connectivity index (χ3v) is 2.25. The van der Waals surface area contributed by atoms with Gasteiger partial charge in [-0.05, 0) is 19.1 Å². The van der Waals surface area contributed by atoms with Gasteiger partial charge in [0, 0.05) is 12.0 Å². The van der Waals surface area contributed by atoms with E-state index in [2.05, 4.69) is 11.6 Å². The van der Waals surface area contributed by atoms with Crippen molar-refractivity contribution in [3.8, 4) is 11.5 Å². The molecule has 2 rings (SSSR count). The number of aromatic nitrogens is 1. The molecule has 1 aromatic heterocycles. The summed E-state index contributed by atoms with van der Waals surface area (Å²) in [5, 5.41) is 0. The maximum atomic E-state index is 5.59. The molecule has 2 nitrogen and oxygen atoms in total. The van der Waals surface area contributed by atoms with Crippen molar-refractivity contribution in [2.75, 3.05) is 0 Å². The smallest absolute Gasteiger partial charge is 0.226 e. The number of hydrogen-bond acceptors (Lipinski definition) is 2. The van der Waals surface area contributed by atoms with Crippen LogP contribution in [0.4, 0.5) is 0 Å². The van der Waals surface area contributed by atoms with Crippen LogP contribution in [-0.2, 0) is 6.42 Å². The van der Waals surface area contributed by atoms with Crippen LogP contribution in [0, 0.1) is 6.92 Å². The molecule has 2 aromatic rings. The van der Waals surface area contributed by atoms with E-state index < -0.39 is 0 Å². The van der Waals surface area contributed by atoms with Crippen LogP contribution in [0.15, 0.2) is 47.4 Å². The number of aryl methyl sites for hydroxylation is 1. The Hall–Kier alpha value is -1.83. The first-order chi connectivity index (χ1) is 7.31. The van der Waals surface area contributed by atoms with Crippen LogP contribution < -0.4 is 0 Å². The lowest BCUT2D eigenvalue weighted by molar-refractivity contribution is 0.540. The van der Waals surface area contributed by atoms with Gasteiger partial charge in [-0.15, -0.1) is 6.58 Å². The van der Waals surface area contributed by atoms with Crippen molar-refractivity contribution in [2.45, 2.75) is 13.3 Å². The topological polar surface area (TPSA) is 26.0 Å². The Labute approximate surface area is 89.3 Å². The summed E-state index contributed by atoms with van der Waals surface area (Å²) in [5.41, 5.74) is 1.97. The molecular weight excluding hydrogens is 186 g/mol. The quantitative estimate of drug-likeness (QED) is 0.708. The second-order valence-corrected chi connectivity index (χ2v) is 3.38. The van der Waals surface area contributed by atoms with Crippen molar-refractivity contribution in [1.82, 2.24) is 4.98 Å². The zero-order chi connectivity index (χ0) is 10.7. The zero-order valence-corrected chi connectivity index (χ0v) is 8.73. The normalized spacial score (nSPS) is 10.2. The highest BCUT2D eigenvalue weighted by atomic mass is 16.4. The van der Waals surface area contributed by atoms with Crippen LogP contribution in [0.1, 0.15) is 11.5 Å². The van der Waals surface area contributed by atoms with E-state index in [1.165, 1.54) is 0 Å². The Morgan fingerprint density at radius 3 is 2.73 bits per heavy atom. The van der Waals surface area contributed by atoms with Crippen molar-refractivity contribution in [3.05, 3.63) is 54.4 Å². The Kier molecular flexibility index (Phi) is 2.68. The van der Waals surface area contributed by atoms with Crippen molar-refractivity contribution in [3.63, 3.8) is 0 Å². The molecule has 0 unspecified atom stereocenters. The SMILES string of the molecule is C=CCc1nc(-c2ccccc2)oc1C. The fraction of sp³-hybridized carbons (Fsp3) is 0.154. The summed E-state index contributed by atoms with van der Waals surface area (Å²) in [5.74, 6) is 1.55. The largest absolute Gasteiger partial charge is 0.441 e. The van der Waals surface area contributed by atoms with Crippen molar-refractivity contribution in [1.29, 1.82) is 0 Å². The summed E-state index contributed by atoms with van der Waals surface area (Å²) < 4.78 is 5.59. The molecule has 15 heavy (non-hydrogen) atoms. The number of oxazole rings is 1. The summed E-state index contributed by atoms with van der Waals surface area (Å²) in [4.78, 5) is 4.43. The Bertz CT molecular complexity index is 457. The van der Waals surface area contributed by atoms with Crippen molar-refractivity contribution in [2.24, 2.45) is 0 Å². The molecule has 1 heterocycles. The maximum Gasteiger partial charge on any atom is 0.226 e. The van der Waals surface area contributed by atoms with Gasteiger partial charge in [0.1, 0.15) is 5.76 Å². The summed E-state index contributed by atoms with van der Waals surface area (Å²) >= 11 is 0. The van der Waals surface area contributed by atoms with E-state index in [4.69, 9.17) is 4.42 Å². The van der Waals surface area contributed by atoms with Crippen molar-refractivity contribution >= 4 is 0 Å². The molecule has 0 amide bonds. The van der Waals surface area contributed by atoms with E-state index in [0.29, 0.717) is 5.89 Å². The summed E-state index contributed by atoms with van der Waals surface area (Å²) in [7, 11) is 0. The maximum absolute atomic E-state index is 5.59. The minimum Gasteiger partial charge on any atom is -0.441 e. The third kappa shape index (κ3) is 1.99. The molecule has 0 bridgehead atoms. The van der Waals surface area contributed by atoms with E-state index in [1.54, 1.807) is 0 Å². The van der Waals surface area contributed by atoms with Gasteiger partial charge in [0.15, 0.2) is 0 Å². The standard InChI is InChI=1S/C13H13NO/c1-3-7-12-10(2)15-13(14-12)11-8-5-4-6-9-11/h3-6,8-9H,1,7H2,2H3. The second-order valence-electron chi connectivity index (χ2n) is 3.38. The van der Waals surface area contributed by atoms with Gasteiger partial charge in [0.05, 0.1) is 5.69 Å². The highest BCUT2D eigenvalue weighted by molar-refractivity contribution is 5.53. The zero-order valence-electron chi connectivity index (χ0n) is 8.73. The molecule has 0 aliphatic heterocycles. The lowest BCUT2D eigenvalue weighted by atomic mass is 10.2. The van der Waals surface area contributed by atoms with Crippen molar-refractivity contribution < 1.29 is 4.42 Å². The fourth-order valence-corrected chi connectivity index (χ4v) is 1.46. The molecule has 0 aliphatic carbocycles. The van der Waals surface area contributed by atoms with Gasteiger partial charge in [-0.3, -0.25) is 0 Å². The first-order valence-electron chi connectivity index (χ1n) is 4.94. The Morgan fingerprint density at radius 1 is 1.33 bits per heavy atom. The number of benzene rings is 1. The van der Waals surface area contributed by atoms with Crippen LogP contribution in [0.2, 0.25) is 0 Å². The molecule has 0 fully saturated rings. The molecule has 2 heteroatoms. The lowest BCUT2D eigenvalue weighted by Gasteiger charge is -1.92. The molecule has 0 spiro atoms. The molecular formula is C13H13NO.